The fourth-order valence-electron chi connectivity index (χ4n) is 2.87. The number of hydrogen-bond acceptors (Lipinski definition) is 4. The van der Waals surface area contributed by atoms with Crippen molar-refractivity contribution < 1.29 is 14.6 Å². The van der Waals surface area contributed by atoms with Crippen LogP contribution in [-0.2, 0) is 9.47 Å². The molecule has 0 amide bonds. The van der Waals surface area contributed by atoms with Crippen molar-refractivity contribution in [2.75, 3.05) is 39.5 Å². The van der Waals surface area contributed by atoms with E-state index >= 15 is 0 Å². The quantitative estimate of drug-likeness (QED) is 0.778. The lowest BCUT2D eigenvalue weighted by molar-refractivity contribution is -0.0195. The summed E-state index contributed by atoms with van der Waals surface area (Å²) in [5.41, 5.74) is 0. The normalized spacial score (nSPS) is 31.7. The molecule has 1 N–H and O–H groups in total. The lowest BCUT2D eigenvalue weighted by Crippen LogP contribution is -2.45. The number of ether oxygens (including phenoxy) is 2. The van der Waals surface area contributed by atoms with Gasteiger partial charge in [0.1, 0.15) is 0 Å². The van der Waals surface area contributed by atoms with Crippen molar-refractivity contribution >= 4 is 0 Å². The molecule has 0 bridgehead atoms. The Morgan fingerprint density at radius 1 is 1.44 bits per heavy atom. The Morgan fingerprint density at radius 3 is 3.06 bits per heavy atom. The molecule has 4 heteroatoms. The minimum atomic E-state index is -0.238. The smallest absolute Gasteiger partial charge is 0.0718 e. The molecule has 0 aromatic rings. The Bertz CT molecular complexity index is 231. The van der Waals surface area contributed by atoms with E-state index in [0.29, 0.717) is 12.0 Å². The molecular weight excluding hydrogens is 230 g/mol. The summed E-state index contributed by atoms with van der Waals surface area (Å²) in [4.78, 5) is 2.35. The highest BCUT2D eigenvalue weighted by Crippen LogP contribution is 2.20. The van der Waals surface area contributed by atoms with Crippen molar-refractivity contribution in [3.63, 3.8) is 0 Å². The lowest BCUT2D eigenvalue weighted by Gasteiger charge is -2.34. The summed E-state index contributed by atoms with van der Waals surface area (Å²) >= 11 is 0. The molecule has 18 heavy (non-hydrogen) atoms. The molecular formula is C14H27NO3. The monoisotopic (exact) mass is 257 g/mol. The van der Waals surface area contributed by atoms with E-state index in [1.54, 1.807) is 0 Å². The van der Waals surface area contributed by atoms with Crippen LogP contribution < -0.4 is 0 Å². The summed E-state index contributed by atoms with van der Waals surface area (Å²) in [5, 5.41) is 10.2. The Kier molecular flexibility index (Phi) is 5.89. The molecule has 3 unspecified atom stereocenters. The molecule has 0 spiro atoms. The van der Waals surface area contributed by atoms with Gasteiger partial charge in [0, 0.05) is 32.2 Å². The summed E-state index contributed by atoms with van der Waals surface area (Å²) < 4.78 is 11.2. The standard InChI is InChI=1S/C14H27NO3/c1-2-7-18-13-4-3-6-15(9-13)10-14(16)12-5-8-17-11-12/h12-14,16H,2-11H2,1H3. The largest absolute Gasteiger partial charge is 0.391 e. The Morgan fingerprint density at radius 2 is 2.33 bits per heavy atom. The zero-order valence-electron chi connectivity index (χ0n) is 11.5. The molecule has 2 saturated heterocycles. The van der Waals surface area contributed by atoms with Gasteiger partial charge in [0.25, 0.3) is 0 Å². The number of piperidine rings is 1. The van der Waals surface area contributed by atoms with Crippen LogP contribution in [0.4, 0.5) is 0 Å². The van der Waals surface area contributed by atoms with E-state index in [1.807, 2.05) is 0 Å². The van der Waals surface area contributed by atoms with E-state index in [0.717, 1.165) is 52.3 Å². The molecule has 0 radical (unpaired) electrons. The number of rotatable bonds is 6. The van der Waals surface area contributed by atoms with Crippen LogP contribution in [0, 0.1) is 5.92 Å². The number of β-amino-alcohol motifs (C(OH)–C–C–N with tert-alkyl or cyclic N) is 1. The van der Waals surface area contributed by atoms with Gasteiger partial charge in [-0.05, 0) is 32.2 Å². The van der Waals surface area contributed by atoms with Crippen molar-refractivity contribution in [2.24, 2.45) is 5.92 Å². The molecule has 2 rings (SSSR count). The molecule has 4 nitrogen and oxygen atoms in total. The van der Waals surface area contributed by atoms with Gasteiger partial charge >= 0.3 is 0 Å². The van der Waals surface area contributed by atoms with Crippen LogP contribution in [-0.4, -0.2) is 61.7 Å². The molecule has 0 aliphatic carbocycles. The van der Waals surface area contributed by atoms with Crippen molar-refractivity contribution in [2.45, 2.75) is 44.8 Å². The van der Waals surface area contributed by atoms with Gasteiger partial charge in [0.05, 0.1) is 18.8 Å². The summed E-state index contributed by atoms with van der Waals surface area (Å²) in [6.45, 7) is 7.39. The number of aliphatic hydroxyl groups is 1. The predicted molar refractivity (Wildman–Crippen MR) is 70.6 cm³/mol. The molecule has 106 valence electrons. The molecule has 3 atom stereocenters. The van der Waals surface area contributed by atoms with Crippen LogP contribution in [0.1, 0.15) is 32.6 Å². The maximum absolute atomic E-state index is 10.2. The third-order valence-electron chi connectivity index (χ3n) is 3.97. The van der Waals surface area contributed by atoms with Crippen molar-refractivity contribution in [1.29, 1.82) is 0 Å². The van der Waals surface area contributed by atoms with Gasteiger partial charge in [-0.15, -0.1) is 0 Å². The maximum atomic E-state index is 10.2. The molecule has 2 heterocycles. The maximum Gasteiger partial charge on any atom is 0.0718 e. The zero-order chi connectivity index (χ0) is 12.8. The average molecular weight is 257 g/mol. The van der Waals surface area contributed by atoms with Crippen molar-refractivity contribution in [3.05, 3.63) is 0 Å². The first kappa shape index (κ1) is 14.3. The minimum absolute atomic E-state index is 0.238. The molecule has 0 aromatic carbocycles. The first-order valence-corrected chi connectivity index (χ1v) is 7.39. The van der Waals surface area contributed by atoms with Gasteiger partial charge in [-0.25, -0.2) is 0 Å². The molecule has 0 aromatic heterocycles. The fourth-order valence-corrected chi connectivity index (χ4v) is 2.87. The van der Waals surface area contributed by atoms with Crippen LogP contribution in [0.15, 0.2) is 0 Å². The number of hydrogen-bond donors (Lipinski definition) is 1. The van der Waals surface area contributed by atoms with Gasteiger partial charge in [-0.2, -0.15) is 0 Å². The summed E-state index contributed by atoms with van der Waals surface area (Å²) in [5.74, 6) is 0.335. The Hall–Kier alpha value is -0.160. The summed E-state index contributed by atoms with van der Waals surface area (Å²) in [7, 11) is 0. The molecule has 0 saturated carbocycles. The van der Waals surface area contributed by atoms with Gasteiger partial charge in [0.15, 0.2) is 0 Å². The van der Waals surface area contributed by atoms with E-state index in [4.69, 9.17) is 9.47 Å². The topological polar surface area (TPSA) is 41.9 Å². The van der Waals surface area contributed by atoms with E-state index < -0.39 is 0 Å². The summed E-state index contributed by atoms with van der Waals surface area (Å²) in [6, 6.07) is 0. The first-order chi connectivity index (χ1) is 8.79. The Labute approximate surface area is 110 Å². The second-order valence-corrected chi connectivity index (χ2v) is 5.59. The first-order valence-electron chi connectivity index (χ1n) is 7.39. The van der Waals surface area contributed by atoms with Gasteiger partial charge < -0.3 is 14.6 Å². The zero-order valence-corrected chi connectivity index (χ0v) is 11.5. The number of nitrogens with zero attached hydrogens (tertiary/aromatic N) is 1. The van der Waals surface area contributed by atoms with E-state index in [-0.39, 0.29) is 6.10 Å². The second-order valence-electron chi connectivity index (χ2n) is 5.59. The van der Waals surface area contributed by atoms with E-state index in [1.165, 1.54) is 12.8 Å². The lowest BCUT2D eigenvalue weighted by atomic mass is 10.00. The van der Waals surface area contributed by atoms with E-state index in [2.05, 4.69) is 11.8 Å². The third kappa shape index (κ3) is 4.19. The Balaban J connectivity index is 1.71. The highest BCUT2D eigenvalue weighted by Gasteiger charge is 2.28. The number of likely N-dealkylation sites (tertiary alicyclic amines) is 1. The van der Waals surface area contributed by atoms with Gasteiger partial charge in [-0.1, -0.05) is 6.92 Å². The average Bonchev–Trinajstić information content (AvgIpc) is 2.91. The highest BCUT2D eigenvalue weighted by molar-refractivity contribution is 4.80. The van der Waals surface area contributed by atoms with Crippen molar-refractivity contribution in [3.8, 4) is 0 Å². The van der Waals surface area contributed by atoms with Crippen molar-refractivity contribution in [1.82, 2.24) is 4.90 Å². The molecule has 2 aliphatic rings. The van der Waals surface area contributed by atoms with Crippen LogP contribution in [0.2, 0.25) is 0 Å². The van der Waals surface area contributed by atoms with Gasteiger partial charge in [-0.3, -0.25) is 4.90 Å². The van der Waals surface area contributed by atoms with Crippen LogP contribution in [0.5, 0.6) is 0 Å². The molecule has 2 fully saturated rings. The van der Waals surface area contributed by atoms with E-state index in [9.17, 15) is 5.11 Å². The second kappa shape index (κ2) is 7.43. The summed E-state index contributed by atoms with van der Waals surface area (Å²) in [6.07, 6.45) is 4.56. The van der Waals surface area contributed by atoms with Crippen LogP contribution >= 0.6 is 0 Å². The SMILES string of the molecule is CCCOC1CCCN(CC(O)C2CCOC2)C1. The highest BCUT2D eigenvalue weighted by atomic mass is 16.5. The minimum Gasteiger partial charge on any atom is -0.391 e. The predicted octanol–water partition coefficient (Wildman–Crippen LogP) is 1.27. The van der Waals surface area contributed by atoms with Gasteiger partial charge in [0.2, 0.25) is 0 Å². The third-order valence-corrected chi connectivity index (χ3v) is 3.97. The fraction of sp³-hybridized carbons (Fsp3) is 1.00. The van der Waals surface area contributed by atoms with Crippen LogP contribution in [0.3, 0.4) is 0 Å². The molecule has 2 aliphatic heterocycles. The number of aliphatic hydroxyl groups excluding tert-OH is 1. The van der Waals surface area contributed by atoms with Crippen LogP contribution in [0.25, 0.3) is 0 Å².